The normalized spacial score (nSPS) is 11.5. The molecule has 0 aliphatic rings. The van der Waals surface area contributed by atoms with Gasteiger partial charge < -0.3 is 5.11 Å². The maximum atomic E-state index is 9.69. The van der Waals surface area contributed by atoms with E-state index < -0.39 is 0 Å². The van der Waals surface area contributed by atoms with Crippen molar-refractivity contribution >= 4 is 29.6 Å². The average Bonchev–Trinajstić information content (AvgIpc) is 2.39. The molecule has 0 bridgehead atoms. The van der Waals surface area contributed by atoms with Crippen LogP contribution in [0.4, 0.5) is 5.69 Å². The third-order valence-electron chi connectivity index (χ3n) is 2.59. The Morgan fingerprint density at radius 2 is 1.84 bits per heavy atom. The molecule has 1 N–H and O–H groups in total. The quantitative estimate of drug-likeness (QED) is 0.802. The predicted molar refractivity (Wildman–Crippen MR) is 81.5 cm³/mol. The summed E-state index contributed by atoms with van der Waals surface area (Å²) in [6.07, 6.45) is 5.40. The maximum absolute atomic E-state index is 9.69. The summed E-state index contributed by atoms with van der Waals surface area (Å²) in [5.74, 6) is 0.191. The first kappa shape index (κ1) is 13.4. The van der Waals surface area contributed by atoms with Crippen LogP contribution >= 0.6 is 11.6 Å². The fourth-order valence-corrected chi connectivity index (χ4v) is 1.72. The molecule has 0 aromatic heterocycles. The van der Waals surface area contributed by atoms with Crippen LogP contribution in [0.1, 0.15) is 11.1 Å². The van der Waals surface area contributed by atoms with Gasteiger partial charge in [0.05, 0.1) is 0 Å². The Hall–Kier alpha value is -2.06. The number of rotatable bonds is 3. The fraction of sp³-hybridized carbons (Fsp3) is 0.0625. The van der Waals surface area contributed by atoms with Crippen molar-refractivity contribution < 1.29 is 5.11 Å². The molecule has 0 aliphatic heterocycles. The molecule has 0 aliphatic carbocycles. The zero-order chi connectivity index (χ0) is 13.7. The summed E-state index contributed by atoms with van der Waals surface area (Å²) in [6, 6.07) is 12.9. The van der Waals surface area contributed by atoms with Crippen molar-refractivity contribution in [3.05, 3.63) is 64.7 Å². The molecule has 2 aromatic carbocycles. The molecule has 3 heteroatoms. The van der Waals surface area contributed by atoms with Crippen LogP contribution in [0.15, 0.2) is 53.5 Å². The number of hydrogen-bond donors (Lipinski definition) is 1. The molecule has 2 nitrogen and oxygen atoms in total. The van der Waals surface area contributed by atoms with Crippen LogP contribution in [0.25, 0.3) is 6.08 Å². The topological polar surface area (TPSA) is 32.6 Å². The number of hydrogen-bond acceptors (Lipinski definition) is 2. The molecule has 0 radical (unpaired) electrons. The van der Waals surface area contributed by atoms with E-state index in [2.05, 4.69) is 4.99 Å². The highest BCUT2D eigenvalue weighted by molar-refractivity contribution is 6.30. The van der Waals surface area contributed by atoms with Gasteiger partial charge in [-0.3, -0.25) is 4.99 Å². The number of phenolic OH excluding ortho intramolecular Hbond substituents is 1. The number of benzene rings is 2. The van der Waals surface area contributed by atoms with Crippen LogP contribution in [0.5, 0.6) is 5.75 Å². The van der Waals surface area contributed by atoms with E-state index in [1.807, 2.05) is 49.4 Å². The van der Waals surface area contributed by atoms with E-state index >= 15 is 0 Å². The van der Waals surface area contributed by atoms with Gasteiger partial charge in [-0.2, -0.15) is 0 Å². The highest BCUT2D eigenvalue weighted by Crippen LogP contribution is 2.26. The van der Waals surface area contributed by atoms with Crippen molar-refractivity contribution in [2.24, 2.45) is 4.99 Å². The number of phenols is 1. The first-order valence-corrected chi connectivity index (χ1v) is 6.29. The molecule has 2 rings (SSSR count). The summed E-state index contributed by atoms with van der Waals surface area (Å²) < 4.78 is 0. The molecule has 2 aromatic rings. The third kappa shape index (κ3) is 3.97. The lowest BCUT2D eigenvalue weighted by molar-refractivity contribution is 0.476. The lowest BCUT2D eigenvalue weighted by atomic mass is 10.2. The minimum absolute atomic E-state index is 0.191. The van der Waals surface area contributed by atoms with Gasteiger partial charge in [0.1, 0.15) is 11.4 Å². The average molecular weight is 272 g/mol. The van der Waals surface area contributed by atoms with Crippen molar-refractivity contribution in [2.75, 3.05) is 0 Å². The number of nitrogens with zero attached hydrogens (tertiary/aromatic N) is 1. The molecule has 96 valence electrons. The van der Waals surface area contributed by atoms with Gasteiger partial charge in [0.2, 0.25) is 0 Å². The van der Waals surface area contributed by atoms with Crippen LogP contribution in [0, 0.1) is 6.92 Å². The van der Waals surface area contributed by atoms with Crippen LogP contribution in [-0.4, -0.2) is 11.3 Å². The van der Waals surface area contributed by atoms with E-state index in [1.165, 1.54) is 0 Å². The minimum atomic E-state index is 0.191. The Kier molecular flexibility index (Phi) is 4.37. The van der Waals surface area contributed by atoms with Crippen molar-refractivity contribution in [3.8, 4) is 5.75 Å². The highest BCUT2D eigenvalue weighted by atomic mass is 35.5. The van der Waals surface area contributed by atoms with E-state index in [-0.39, 0.29) is 5.75 Å². The maximum Gasteiger partial charge on any atom is 0.141 e. The van der Waals surface area contributed by atoms with Gasteiger partial charge in [-0.05, 0) is 48.4 Å². The van der Waals surface area contributed by atoms with Crippen molar-refractivity contribution in [1.82, 2.24) is 0 Å². The number of aliphatic imine (C=N–C) groups is 1. The number of aromatic hydroxyl groups is 1. The Bertz CT molecular complexity index is 615. The van der Waals surface area contributed by atoms with Crippen molar-refractivity contribution in [2.45, 2.75) is 6.92 Å². The molecule has 0 saturated carbocycles. The Labute approximate surface area is 117 Å². The molecular formula is C16H14ClNO. The number of allylic oxidation sites excluding steroid dienone is 1. The van der Waals surface area contributed by atoms with Gasteiger partial charge >= 0.3 is 0 Å². The van der Waals surface area contributed by atoms with Crippen LogP contribution in [0.2, 0.25) is 5.02 Å². The van der Waals surface area contributed by atoms with Gasteiger partial charge in [-0.1, -0.05) is 35.9 Å². The van der Waals surface area contributed by atoms with Gasteiger partial charge in [0.25, 0.3) is 0 Å². The van der Waals surface area contributed by atoms with Crippen LogP contribution in [-0.2, 0) is 0 Å². The SMILES string of the molecule is Cc1ccc(N=CC=Cc2ccc(Cl)cc2)c(O)c1. The lowest BCUT2D eigenvalue weighted by Gasteiger charge is -1.98. The second-order valence-electron chi connectivity index (χ2n) is 4.18. The molecule has 19 heavy (non-hydrogen) atoms. The molecule has 0 saturated heterocycles. The monoisotopic (exact) mass is 271 g/mol. The zero-order valence-electron chi connectivity index (χ0n) is 10.5. The van der Waals surface area contributed by atoms with E-state index in [9.17, 15) is 5.11 Å². The van der Waals surface area contributed by atoms with Crippen molar-refractivity contribution in [3.63, 3.8) is 0 Å². The first-order chi connectivity index (χ1) is 9.15. The molecule has 0 atom stereocenters. The van der Waals surface area contributed by atoms with E-state index in [4.69, 9.17) is 11.6 Å². The molecule has 0 spiro atoms. The number of aryl methyl sites for hydroxylation is 1. The van der Waals surface area contributed by atoms with Gasteiger partial charge in [-0.15, -0.1) is 0 Å². The third-order valence-corrected chi connectivity index (χ3v) is 2.84. The molecule has 0 amide bonds. The molecule has 0 fully saturated rings. The predicted octanol–water partition coefficient (Wildman–Crippen LogP) is 4.77. The second kappa shape index (κ2) is 6.21. The van der Waals surface area contributed by atoms with E-state index in [0.29, 0.717) is 5.69 Å². The van der Waals surface area contributed by atoms with E-state index in [1.54, 1.807) is 18.3 Å². The molecular weight excluding hydrogens is 258 g/mol. The number of halogens is 1. The summed E-state index contributed by atoms with van der Waals surface area (Å²) in [5.41, 5.74) is 2.61. The highest BCUT2D eigenvalue weighted by Gasteiger charge is 1.96. The zero-order valence-corrected chi connectivity index (χ0v) is 11.3. The van der Waals surface area contributed by atoms with Gasteiger partial charge in [0, 0.05) is 11.2 Å². The summed E-state index contributed by atoms with van der Waals surface area (Å²) in [5, 5.41) is 10.4. The van der Waals surface area contributed by atoms with E-state index in [0.717, 1.165) is 16.1 Å². The van der Waals surface area contributed by atoms with Crippen LogP contribution < -0.4 is 0 Å². The standard InChI is InChI=1S/C16H14ClNO/c1-12-4-9-15(16(19)11-12)18-10-2-3-13-5-7-14(17)8-6-13/h2-11,19H,1H3. The second-order valence-corrected chi connectivity index (χ2v) is 4.62. The largest absolute Gasteiger partial charge is 0.506 e. The van der Waals surface area contributed by atoms with Gasteiger partial charge in [0.15, 0.2) is 0 Å². The molecule has 0 heterocycles. The smallest absolute Gasteiger partial charge is 0.141 e. The van der Waals surface area contributed by atoms with Gasteiger partial charge in [-0.25, -0.2) is 0 Å². The summed E-state index contributed by atoms with van der Waals surface area (Å²) in [7, 11) is 0. The minimum Gasteiger partial charge on any atom is -0.506 e. The Balaban J connectivity index is 2.05. The van der Waals surface area contributed by atoms with Crippen LogP contribution in [0.3, 0.4) is 0 Å². The lowest BCUT2D eigenvalue weighted by Crippen LogP contribution is -1.74. The first-order valence-electron chi connectivity index (χ1n) is 5.91. The summed E-state index contributed by atoms with van der Waals surface area (Å²) in [4.78, 5) is 4.19. The summed E-state index contributed by atoms with van der Waals surface area (Å²) in [6.45, 7) is 1.92. The fourth-order valence-electron chi connectivity index (χ4n) is 1.59. The Morgan fingerprint density at radius 3 is 2.53 bits per heavy atom. The Morgan fingerprint density at radius 1 is 1.11 bits per heavy atom. The van der Waals surface area contributed by atoms with Crippen molar-refractivity contribution in [1.29, 1.82) is 0 Å². The molecule has 0 unspecified atom stereocenters. The summed E-state index contributed by atoms with van der Waals surface area (Å²) >= 11 is 5.80.